The van der Waals surface area contributed by atoms with E-state index in [0.29, 0.717) is 0 Å². The molecule has 1 heterocycles. The second-order valence-corrected chi connectivity index (χ2v) is 4.10. The van der Waals surface area contributed by atoms with Gasteiger partial charge >= 0.3 is 10.2 Å². The Hall–Kier alpha value is -0.160. The molecule has 3 nitrogen and oxygen atoms in total. The maximum atomic E-state index is 12.2. The quantitative estimate of drug-likeness (QED) is 0.534. The van der Waals surface area contributed by atoms with Crippen molar-refractivity contribution >= 4 is 10.2 Å². The zero-order chi connectivity index (χ0) is 7.78. The lowest BCUT2D eigenvalue weighted by molar-refractivity contribution is 0.125. The largest absolute Gasteiger partial charge is 0.377 e. The van der Waals surface area contributed by atoms with Gasteiger partial charge in [-0.2, -0.15) is 8.42 Å². The SMILES string of the molecule is CC1CC(S(=O)(=O)F)CO1. The second kappa shape index (κ2) is 2.47. The number of rotatable bonds is 1. The summed E-state index contributed by atoms with van der Waals surface area (Å²) in [6, 6.07) is 0. The van der Waals surface area contributed by atoms with Crippen LogP contribution in [-0.2, 0) is 15.0 Å². The Morgan fingerprint density at radius 2 is 2.20 bits per heavy atom. The van der Waals surface area contributed by atoms with Crippen LogP contribution in [0.3, 0.4) is 0 Å². The zero-order valence-electron chi connectivity index (χ0n) is 5.58. The van der Waals surface area contributed by atoms with Gasteiger partial charge < -0.3 is 4.74 Å². The molecule has 0 aliphatic carbocycles. The summed E-state index contributed by atoms with van der Waals surface area (Å²) in [6.07, 6.45) is 0.147. The summed E-state index contributed by atoms with van der Waals surface area (Å²) in [5.74, 6) is 0. The van der Waals surface area contributed by atoms with E-state index in [2.05, 4.69) is 0 Å². The van der Waals surface area contributed by atoms with E-state index in [0.717, 1.165) is 0 Å². The summed E-state index contributed by atoms with van der Waals surface area (Å²) >= 11 is 0. The van der Waals surface area contributed by atoms with E-state index in [4.69, 9.17) is 4.74 Å². The van der Waals surface area contributed by atoms with Gasteiger partial charge in [0.15, 0.2) is 0 Å². The standard InChI is InChI=1S/C5H9FO3S/c1-4-2-5(3-9-4)10(6,7)8/h4-5H,2-3H2,1H3. The number of halogens is 1. The molecule has 0 aromatic rings. The van der Waals surface area contributed by atoms with E-state index >= 15 is 0 Å². The van der Waals surface area contributed by atoms with Gasteiger partial charge in [-0.25, -0.2) is 0 Å². The predicted octanol–water partition coefficient (Wildman–Crippen LogP) is 0.463. The van der Waals surface area contributed by atoms with E-state index < -0.39 is 15.5 Å². The number of hydrogen-bond acceptors (Lipinski definition) is 3. The van der Waals surface area contributed by atoms with Gasteiger partial charge in [0.1, 0.15) is 5.25 Å². The molecule has 60 valence electrons. The Morgan fingerprint density at radius 3 is 2.40 bits per heavy atom. The highest BCUT2D eigenvalue weighted by Gasteiger charge is 2.32. The lowest BCUT2D eigenvalue weighted by Gasteiger charge is -1.98. The van der Waals surface area contributed by atoms with Crippen LogP contribution in [0.25, 0.3) is 0 Å². The van der Waals surface area contributed by atoms with E-state index in [1.807, 2.05) is 0 Å². The third-order valence-electron chi connectivity index (χ3n) is 1.56. The normalized spacial score (nSPS) is 34.6. The van der Waals surface area contributed by atoms with Crippen molar-refractivity contribution in [1.82, 2.24) is 0 Å². The van der Waals surface area contributed by atoms with Crippen molar-refractivity contribution in [3.63, 3.8) is 0 Å². The van der Waals surface area contributed by atoms with Crippen LogP contribution in [0.2, 0.25) is 0 Å². The summed E-state index contributed by atoms with van der Waals surface area (Å²) in [6.45, 7) is 1.73. The molecule has 1 rings (SSSR count). The van der Waals surface area contributed by atoms with Crippen molar-refractivity contribution in [1.29, 1.82) is 0 Å². The van der Waals surface area contributed by atoms with Crippen molar-refractivity contribution < 1.29 is 17.0 Å². The van der Waals surface area contributed by atoms with Crippen molar-refractivity contribution in [3.05, 3.63) is 0 Å². The van der Waals surface area contributed by atoms with Crippen LogP contribution < -0.4 is 0 Å². The lowest BCUT2D eigenvalue weighted by Crippen LogP contribution is -2.16. The number of hydrogen-bond donors (Lipinski definition) is 0. The number of ether oxygens (including phenoxy) is 1. The molecule has 2 atom stereocenters. The molecule has 1 aliphatic heterocycles. The maximum absolute atomic E-state index is 12.2. The lowest BCUT2D eigenvalue weighted by atomic mass is 10.3. The highest BCUT2D eigenvalue weighted by molar-refractivity contribution is 7.87. The first kappa shape index (κ1) is 7.94. The molecule has 0 bridgehead atoms. The molecule has 1 aliphatic rings. The van der Waals surface area contributed by atoms with Gasteiger partial charge in [-0.3, -0.25) is 0 Å². The Kier molecular flexibility index (Phi) is 1.96. The molecule has 0 saturated carbocycles. The van der Waals surface area contributed by atoms with Gasteiger partial charge in [0.2, 0.25) is 0 Å². The first-order valence-corrected chi connectivity index (χ1v) is 4.50. The van der Waals surface area contributed by atoms with Crippen molar-refractivity contribution in [2.75, 3.05) is 6.61 Å². The predicted molar refractivity (Wildman–Crippen MR) is 33.8 cm³/mol. The summed E-state index contributed by atoms with van der Waals surface area (Å²) in [4.78, 5) is 0. The summed E-state index contributed by atoms with van der Waals surface area (Å²) < 4.78 is 37.5. The Morgan fingerprint density at radius 1 is 1.60 bits per heavy atom. The molecule has 0 N–H and O–H groups in total. The van der Waals surface area contributed by atoms with E-state index in [-0.39, 0.29) is 19.1 Å². The smallest absolute Gasteiger partial charge is 0.307 e. The molecule has 5 heteroatoms. The third kappa shape index (κ3) is 1.67. The van der Waals surface area contributed by atoms with Gasteiger partial charge in [-0.1, -0.05) is 0 Å². The van der Waals surface area contributed by atoms with E-state index in [9.17, 15) is 12.3 Å². The fourth-order valence-corrected chi connectivity index (χ4v) is 1.72. The average molecular weight is 168 g/mol. The molecule has 0 aromatic carbocycles. The molecule has 0 spiro atoms. The fourth-order valence-electron chi connectivity index (χ4n) is 0.974. The first-order valence-electron chi connectivity index (χ1n) is 3.05. The van der Waals surface area contributed by atoms with Crippen molar-refractivity contribution in [2.24, 2.45) is 0 Å². The summed E-state index contributed by atoms with van der Waals surface area (Å²) in [5, 5.41) is -0.928. The van der Waals surface area contributed by atoms with Gasteiger partial charge in [-0.05, 0) is 13.3 Å². The van der Waals surface area contributed by atoms with Gasteiger partial charge in [-0.15, -0.1) is 3.89 Å². The maximum Gasteiger partial charge on any atom is 0.307 e. The van der Waals surface area contributed by atoms with Crippen LogP contribution in [0.4, 0.5) is 3.89 Å². The molecule has 2 unspecified atom stereocenters. The molecular weight excluding hydrogens is 159 g/mol. The molecular formula is C5H9FO3S. The van der Waals surface area contributed by atoms with Gasteiger partial charge in [0.25, 0.3) is 0 Å². The first-order chi connectivity index (χ1) is 4.50. The Bertz CT molecular complexity index is 211. The molecule has 10 heavy (non-hydrogen) atoms. The Labute approximate surface area is 59.4 Å². The van der Waals surface area contributed by atoms with Crippen LogP contribution in [0.5, 0.6) is 0 Å². The Balaban J connectivity index is 2.62. The van der Waals surface area contributed by atoms with Gasteiger partial charge in [0.05, 0.1) is 12.7 Å². The van der Waals surface area contributed by atoms with Crippen molar-refractivity contribution in [2.45, 2.75) is 24.7 Å². The molecule has 1 saturated heterocycles. The highest BCUT2D eigenvalue weighted by atomic mass is 32.3. The monoisotopic (exact) mass is 168 g/mol. The minimum atomic E-state index is -4.36. The van der Waals surface area contributed by atoms with Gasteiger partial charge in [0, 0.05) is 0 Å². The minimum absolute atomic E-state index is 0. The average Bonchev–Trinajstić information content (AvgIpc) is 2.11. The van der Waals surface area contributed by atoms with Crippen LogP contribution in [0.15, 0.2) is 0 Å². The van der Waals surface area contributed by atoms with E-state index in [1.54, 1.807) is 6.92 Å². The topological polar surface area (TPSA) is 43.4 Å². The molecule has 0 amide bonds. The van der Waals surface area contributed by atoms with Crippen molar-refractivity contribution in [3.8, 4) is 0 Å². The fraction of sp³-hybridized carbons (Fsp3) is 1.00. The summed E-state index contributed by atoms with van der Waals surface area (Å²) in [7, 11) is -4.36. The second-order valence-electron chi connectivity index (χ2n) is 2.48. The molecule has 0 radical (unpaired) electrons. The van der Waals surface area contributed by atoms with Crippen LogP contribution >= 0.6 is 0 Å². The van der Waals surface area contributed by atoms with E-state index in [1.165, 1.54) is 0 Å². The summed E-state index contributed by atoms with van der Waals surface area (Å²) in [5.41, 5.74) is 0. The third-order valence-corrected chi connectivity index (χ3v) is 2.68. The minimum Gasteiger partial charge on any atom is -0.377 e. The molecule has 1 fully saturated rings. The zero-order valence-corrected chi connectivity index (χ0v) is 6.40. The van der Waals surface area contributed by atoms with Crippen LogP contribution in [0, 0.1) is 0 Å². The van der Waals surface area contributed by atoms with Crippen LogP contribution in [-0.4, -0.2) is 26.4 Å². The van der Waals surface area contributed by atoms with Crippen LogP contribution in [0.1, 0.15) is 13.3 Å². The molecule has 0 aromatic heterocycles. The highest BCUT2D eigenvalue weighted by Crippen LogP contribution is 2.20.